The summed E-state index contributed by atoms with van der Waals surface area (Å²) >= 11 is 0. The molecule has 1 saturated heterocycles. The summed E-state index contributed by atoms with van der Waals surface area (Å²) in [6, 6.07) is 4.04. The van der Waals surface area contributed by atoms with Crippen molar-refractivity contribution in [2.75, 3.05) is 5.32 Å². The van der Waals surface area contributed by atoms with Crippen molar-refractivity contribution >= 4 is 40.3 Å². The topological polar surface area (TPSA) is 113 Å². The van der Waals surface area contributed by atoms with Gasteiger partial charge in [0, 0.05) is 43.7 Å². The fraction of sp³-hybridized carbons (Fsp3) is 0.261. The second-order valence-corrected chi connectivity index (χ2v) is 8.33. The lowest BCUT2D eigenvalue weighted by Gasteiger charge is -2.29. The number of rotatable bonds is 3. The molecule has 2 aliphatic heterocycles. The van der Waals surface area contributed by atoms with E-state index in [4.69, 9.17) is 0 Å². The van der Waals surface area contributed by atoms with Crippen LogP contribution in [0.3, 0.4) is 0 Å². The molecule has 4 heterocycles. The Hall–Kier alpha value is -4.08. The number of aromatic nitrogens is 2. The third kappa shape index (κ3) is 3.34. The number of nitrogens with one attached hydrogen (secondary N) is 2. The highest BCUT2D eigenvalue weighted by atomic mass is 19.1. The number of halogens is 1. The van der Waals surface area contributed by atoms with Crippen LogP contribution in [0.1, 0.15) is 44.7 Å². The van der Waals surface area contributed by atoms with Crippen LogP contribution in [0.4, 0.5) is 10.1 Å². The lowest BCUT2D eigenvalue weighted by Crippen LogP contribution is -2.52. The zero-order valence-corrected chi connectivity index (χ0v) is 17.9. The monoisotopic (exact) mass is 449 g/mol. The number of pyridine rings is 1. The van der Waals surface area contributed by atoms with Crippen molar-refractivity contribution in [3.05, 3.63) is 58.7 Å². The van der Waals surface area contributed by atoms with Gasteiger partial charge in [0.1, 0.15) is 17.5 Å². The molecule has 4 amide bonds. The molecule has 3 aromatic rings. The minimum atomic E-state index is -0.721. The van der Waals surface area contributed by atoms with Gasteiger partial charge in [0.05, 0.1) is 10.9 Å². The number of hydrogen-bond acceptors (Lipinski definition) is 5. The first-order chi connectivity index (χ1) is 15.7. The lowest BCUT2D eigenvalue weighted by atomic mass is 10.0. The van der Waals surface area contributed by atoms with Gasteiger partial charge in [-0.05, 0) is 42.7 Å². The van der Waals surface area contributed by atoms with Crippen molar-refractivity contribution in [2.24, 2.45) is 7.05 Å². The number of aryl methyl sites for hydroxylation is 2. The number of carbonyl (C=O) groups excluding carboxylic acids is 4. The van der Waals surface area contributed by atoms with Crippen LogP contribution in [0.5, 0.6) is 0 Å². The molecular formula is C23H20FN5O4. The first-order valence-corrected chi connectivity index (χ1v) is 10.4. The Kier molecular flexibility index (Phi) is 4.73. The van der Waals surface area contributed by atoms with Crippen LogP contribution >= 0.6 is 0 Å². The zero-order chi connectivity index (χ0) is 23.4. The molecule has 33 heavy (non-hydrogen) atoms. The highest BCUT2D eigenvalue weighted by Gasteiger charge is 2.39. The van der Waals surface area contributed by atoms with Gasteiger partial charge in [-0.15, -0.1) is 0 Å². The van der Waals surface area contributed by atoms with Crippen LogP contribution in [0.25, 0.3) is 11.0 Å². The smallest absolute Gasteiger partial charge is 0.260 e. The van der Waals surface area contributed by atoms with E-state index in [9.17, 15) is 19.2 Å². The summed E-state index contributed by atoms with van der Waals surface area (Å²) in [5, 5.41) is 5.22. The third-order valence-corrected chi connectivity index (χ3v) is 6.14. The van der Waals surface area contributed by atoms with Crippen molar-refractivity contribution in [1.29, 1.82) is 0 Å². The first-order valence-electron chi connectivity index (χ1n) is 10.4. The maximum atomic E-state index is 15.1. The van der Waals surface area contributed by atoms with E-state index in [0.717, 1.165) is 0 Å². The van der Waals surface area contributed by atoms with Crippen molar-refractivity contribution in [3.8, 4) is 0 Å². The minimum Gasteiger partial charge on any atom is -0.335 e. The molecule has 0 radical (unpaired) electrons. The summed E-state index contributed by atoms with van der Waals surface area (Å²) in [7, 11) is 1.76. The standard InChI is InChI=1S/C23H20FN5O4/c1-11-9-28(2)20-18(11)19(24)15(8-25-20)21(31)26-13-3-4-14-12(7-13)10-29(23(14)33)16-5-6-17(30)27-22(16)32/h3-4,7-9,16H,5-6,10H2,1-2H3,(H,26,31)(H,27,30,32). The SMILES string of the molecule is Cc1cn(C)c2ncc(C(=O)Nc3ccc4c(c3)CN(C3CCC(=O)NC3=O)C4=O)c(F)c12. The fourth-order valence-electron chi connectivity index (χ4n) is 4.52. The van der Waals surface area contributed by atoms with Gasteiger partial charge < -0.3 is 14.8 Å². The molecule has 1 fully saturated rings. The van der Waals surface area contributed by atoms with E-state index < -0.39 is 23.7 Å². The highest BCUT2D eigenvalue weighted by molar-refractivity contribution is 6.08. The lowest BCUT2D eigenvalue weighted by molar-refractivity contribution is -0.136. The van der Waals surface area contributed by atoms with Crippen molar-refractivity contribution in [1.82, 2.24) is 19.8 Å². The Bertz CT molecular complexity index is 1380. The van der Waals surface area contributed by atoms with E-state index >= 15 is 4.39 Å². The predicted molar refractivity (Wildman–Crippen MR) is 116 cm³/mol. The Morgan fingerprint density at radius 3 is 2.82 bits per heavy atom. The minimum absolute atomic E-state index is 0.169. The number of fused-ring (bicyclic) bond motifs is 2. The molecular weight excluding hydrogens is 429 g/mol. The molecule has 0 spiro atoms. The quantitative estimate of drug-likeness (QED) is 0.594. The molecule has 0 saturated carbocycles. The van der Waals surface area contributed by atoms with Crippen LogP contribution in [0, 0.1) is 12.7 Å². The van der Waals surface area contributed by atoms with E-state index in [-0.39, 0.29) is 36.8 Å². The molecule has 1 aromatic carbocycles. The molecule has 9 nitrogen and oxygen atoms in total. The zero-order valence-electron chi connectivity index (χ0n) is 17.9. The van der Waals surface area contributed by atoms with Gasteiger partial charge in [0.25, 0.3) is 11.8 Å². The summed E-state index contributed by atoms with van der Waals surface area (Å²) in [6.07, 6.45) is 3.38. The molecule has 168 valence electrons. The number of hydrogen-bond donors (Lipinski definition) is 2. The van der Waals surface area contributed by atoms with Crippen LogP contribution in [-0.2, 0) is 23.2 Å². The number of nitrogens with zero attached hydrogens (tertiary/aromatic N) is 3. The number of amides is 4. The molecule has 0 bridgehead atoms. The Morgan fingerprint density at radius 1 is 1.27 bits per heavy atom. The normalized spacial score (nSPS) is 18.0. The number of piperidine rings is 1. The molecule has 1 atom stereocenters. The van der Waals surface area contributed by atoms with Gasteiger partial charge in [-0.1, -0.05) is 0 Å². The van der Waals surface area contributed by atoms with Crippen molar-refractivity contribution < 1.29 is 23.6 Å². The molecule has 0 aliphatic carbocycles. The molecule has 5 rings (SSSR count). The summed E-state index contributed by atoms with van der Waals surface area (Å²) < 4.78 is 16.8. The van der Waals surface area contributed by atoms with E-state index in [2.05, 4.69) is 15.6 Å². The number of benzene rings is 1. The van der Waals surface area contributed by atoms with Gasteiger partial charge >= 0.3 is 0 Å². The summed E-state index contributed by atoms with van der Waals surface area (Å²) in [4.78, 5) is 54.8. The second-order valence-electron chi connectivity index (χ2n) is 8.33. The average molecular weight is 449 g/mol. The van der Waals surface area contributed by atoms with E-state index in [1.54, 1.807) is 42.9 Å². The maximum Gasteiger partial charge on any atom is 0.260 e. The predicted octanol–water partition coefficient (Wildman–Crippen LogP) is 2.03. The first kappa shape index (κ1) is 20.8. The number of imide groups is 1. The summed E-state index contributed by atoms with van der Waals surface area (Å²) in [6.45, 7) is 1.93. The number of carbonyl (C=O) groups is 4. The van der Waals surface area contributed by atoms with Gasteiger partial charge in [0.15, 0.2) is 0 Å². The Morgan fingerprint density at radius 2 is 2.06 bits per heavy atom. The maximum absolute atomic E-state index is 15.1. The van der Waals surface area contributed by atoms with Crippen LogP contribution in [0.15, 0.2) is 30.6 Å². The second kappa shape index (κ2) is 7.51. The van der Waals surface area contributed by atoms with Gasteiger partial charge in [-0.2, -0.15) is 0 Å². The highest BCUT2D eigenvalue weighted by Crippen LogP contribution is 2.30. The van der Waals surface area contributed by atoms with Gasteiger partial charge in [0.2, 0.25) is 11.8 Å². The van der Waals surface area contributed by atoms with E-state index in [1.807, 2.05) is 0 Å². The fourth-order valence-corrected chi connectivity index (χ4v) is 4.52. The molecule has 1 unspecified atom stereocenters. The Labute approximate surface area is 187 Å². The molecule has 2 N–H and O–H groups in total. The van der Waals surface area contributed by atoms with E-state index in [1.165, 1.54) is 11.1 Å². The molecule has 10 heteroatoms. The largest absolute Gasteiger partial charge is 0.335 e. The third-order valence-electron chi connectivity index (χ3n) is 6.14. The Balaban J connectivity index is 1.38. The number of anilines is 1. The van der Waals surface area contributed by atoms with Crippen molar-refractivity contribution in [3.63, 3.8) is 0 Å². The molecule has 2 aromatic heterocycles. The van der Waals surface area contributed by atoms with Gasteiger partial charge in [-0.25, -0.2) is 9.37 Å². The van der Waals surface area contributed by atoms with Crippen molar-refractivity contribution in [2.45, 2.75) is 32.4 Å². The summed E-state index contributed by atoms with van der Waals surface area (Å²) in [5.74, 6) is -2.45. The van der Waals surface area contributed by atoms with Crippen LogP contribution < -0.4 is 10.6 Å². The van der Waals surface area contributed by atoms with Crippen LogP contribution in [0.2, 0.25) is 0 Å². The summed E-state index contributed by atoms with van der Waals surface area (Å²) in [5.41, 5.74) is 2.39. The molecule has 2 aliphatic rings. The average Bonchev–Trinajstić information content (AvgIpc) is 3.24. The van der Waals surface area contributed by atoms with Crippen LogP contribution in [-0.4, -0.2) is 44.1 Å². The van der Waals surface area contributed by atoms with Gasteiger partial charge in [-0.3, -0.25) is 24.5 Å². The van der Waals surface area contributed by atoms with E-state index in [0.29, 0.717) is 33.4 Å².